The normalized spacial score (nSPS) is 22.9. The van der Waals surface area contributed by atoms with E-state index in [0.29, 0.717) is 12.1 Å². The van der Waals surface area contributed by atoms with Gasteiger partial charge in [0.15, 0.2) is 0 Å². The van der Waals surface area contributed by atoms with Crippen LogP contribution in [0.15, 0.2) is 24.3 Å². The van der Waals surface area contributed by atoms with Gasteiger partial charge in [-0.3, -0.25) is 4.90 Å². The molecule has 3 nitrogen and oxygen atoms in total. The SMILES string of the molecule is COC1CCN(C(CN)c2ccccc2F)C1. The van der Waals surface area contributed by atoms with Gasteiger partial charge in [-0.25, -0.2) is 4.39 Å². The van der Waals surface area contributed by atoms with E-state index in [2.05, 4.69) is 4.90 Å². The predicted molar refractivity (Wildman–Crippen MR) is 65.2 cm³/mol. The summed E-state index contributed by atoms with van der Waals surface area (Å²) < 4.78 is 19.1. The van der Waals surface area contributed by atoms with Crippen LogP contribution in [0.2, 0.25) is 0 Å². The van der Waals surface area contributed by atoms with E-state index in [1.54, 1.807) is 13.2 Å². The molecule has 2 atom stereocenters. The molecule has 1 heterocycles. The number of likely N-dealkylation sites (tertiary alicyclic amines) is 1. The summed E-state index contributed by atoms with van der Waals surface area (Å²) in [6, 6.07) is 6.81. The Kier molecular flexibility index (Phi) is 4.10. The average molecular weight is 238 g/mol. The summed E-state index contributed by atoms with van der Waals surface area (Å²) in [7, 11) is 1.72. The van der Waals surface area contributed by atoms with Crippen molar-refractivity contribution in [3.05, 3.63) is 35.6 Å². The molecule has 1 aromatic rings. The lowest BCUT2D eigenvalue weighted by Gasteiger charge is -2.27. The van der Waals surface area contributed by atoms with Gasteiger partial charge in [0.1, 0.15) is 5.82 Å². The topological polar surface area (TPSA) is 38.5 Å². The minimum absolute atomic E-state index is 0.0450. The Hall–Kier alpha value is -0.970. The molecule has 0 aromatic heterocycles. The molecule has 94 valence electrons. The molecule has 17 heavy (non-hydrogen) atoms. The van der Waals surface area contributed by atoms with E-state index in [0.717, 1.165) is 19.5 Å². The first kappa shape index (κ1) is 12.5. The fourth-order valence-electron chi connectivity index (χ4n) is 2.45. The van der Waals surface area contributed by atoms with Crippen LogP contribution in [0, 0.1) is 5.82 Å². The lowest BCUT2D eigenvalue weighted by Crippen LogP contribution is -2.33. The van der Waals surface area contributed by atoms with E-state index in [9.17, 15) is 4.39 Å². The molecule has 0 bridgehead atoms. The fourth-order valence-corrected chi connectivity index (χ4v) is 2.45. The van der Waals surface area contributed by atoms with Crippen molar-refractivity contribution >= 4 is 0 Å². The summed E-state index contributed by atoms with van der Waals surface area (Å²) in [6.07, 6.45) is 1.23. The van der Waals surface area contributed by atoms with Gasteiger partial charge in [0, 0.05) is 32.3 Å². The van der Waals surface area contributed by atoms with Crippen LogP contribution in [-0.4, -0.2) is 37.7 Å². The highest BCUT2D eigenvalue weighted by Gasteiger charge is 2.29. The minimum atomic E-state index is -0.177. The van der Waals surface area contributed by atoms with Crippen molar-refractivity contribution in [3.8, 4) is 0 Å². The second kappa shape index (κ2) is 5.58. The second-order valence-electron chi connectivity index (χ2n) is 4.41. The smallest absolute Gasteiger partial charge is 0.128 e. The molecule has 2 unspecified atom stereocenters. The highest BCUT2D eigenvalue weighted by atomic mass is 19.1. The van der Waals surface area contributed by atoms with Crippen LogP contribution in [0.5, 0.6) is 0 Å². The van der Waals surface area contributed by atoms with E-state index in [4.69, 9.17) is 10.5 Å². The predicted octanol–water partition coefficient (Wildman–Crippen LogP) is 1.55. The number of nitrogens with two attached hydrogens (primary N) is 1. The molecule has 0 radical (unpaired) electrons. The summed E-state index contributed by atoms with van der Waals surface area (Å²) in [5.74, 6) is -0.177. The zero-order valence-corrected chi connectivity index (χ0v) is 10.1. The van der Waals surface area contributed by atoms with Crippen molar-refractivity contribution in [3.63, 3.8) is 0 Å². The summed E-state index contributed by atoms with van der Waals surface area (Å²) in [4.78, 5) is 2.20. The second-order valence-corrected chi connectivity index (χ2v) is 4.41. The molecule has 0 spiro atoms. The van der Waals surface area contributed by atoms with Crippen molar-refractivity contribution in [2.75, 3.05) is 26.7 Å². The van der Waals surface area contributed by atoms with Crippen LogP contribution in [-0.2, 0) is 4.74 Å². The molecule has 1 aromatic carbocycles. The van der Waals surface area contributed by atoms with Crippen LogP contribution in [0.25, 0.3) is 0 Å². The monoisotopic (exact) mass is 238 g/mol. The molecule has 0 aliphatic carbocycles. The standard InChI is InChI=1S/C13H19FN2O/c1-17-10-6-7-16(9-10)13(8-15)11-4-2-3-5-12(11)14/h2-5,10,13H,6-9,15H2,1H3. The Morgan fingerprint density at radius 3 is 2.88 bits per heavy atom. The number of methoxy groups -OCH3 is 1. The molecule has 2 N–H and O–H groups in total. The minimum Gasteiger partial charge on any atom is -0.380 e. The van der Waals surface area contributed by atoms with Crippen molar-refractivity contribution in [1.82, 2.24) is 4.90 Å². The van der Waals surface area contributed by atoms with Gasteiger partial charge in [0.2, 0.25) is 0 Å². The lowest BCUT2D eigenvalue weighted by molar-refractivity contribution is 0.101. The number of halogens is 1. The van der Waals surface area contributed by atoms with Gasteiger partial charge in [0.05, 0.1) is 12.1 Å². The molecule has 1 fully saturated rings. The Bertz CT molecular complexity index is 372. The highest BCUT2D eigenvalue weighted by Crippen LogP contribution is 2.26. The number of hydrogen-bond donors (Lipinski definition) is 1. The largest absolute Gasteiger partial charge is 0.380 e. The Morgan fingerprint density at radius 2 is 2.29 bits per heavy atom. The molecule has 0 amide bonds. The molecular weight excluding hydrogens is 219 g/mol. The number of benzene rings is 1. The molecule has 1 saturated heterocycles. The molecule has 2 rings (SSSR count). The molecule has 1 aliphatic heterocycles. The molecular formula is C13H19FN2O. The number of nitrogens with zero attached hydrogens (tertiary/aromatic N) is 1. The Balaban J connectivity index is 2.15. The van der Waals surface area contributed by atoms with Crippen molar-refractivity contribution < 1.29 is 9.13 Å². The van der Waals surface area contributed by atoms with Crippen LogP contribution in [0.1, 0.15) is 18.0 Å². The van der Waals surface area contributed by atoms with Crippen molar-refractivity contribution in [2.45, 2.75) is 18.6 Å². The average Bonchev–Trinajstić information content (AvgIpc) is 2.81. The summed E-state index contributed by atoms with van der Waals surface area (Å²) in [5, 5.41) is 0. The van der Waals surface area contributed by atoms with Crippen molar-refractivity contribution in [2.24, 2.45) is 5.73 Å². The van der Waals surface area contributed by atoms with Gasteiger partial charge in [-0.1, -0.05) is 18.2 Å². The van der Waals surface area contributed by atoms with E-state index >= 15 is 0 Å². The van der Waals surface area contributed by atoms with Gasteiger partial charge >= 0.3 is 0 Å². The van der Waals surface area contributed by atoms with Crippen LogP contribution in [0.4, 0.5) is 4.39 Å². The van der Waals surface area contributed by atoms with E-state index in [1.165, 1.54) is 6.07 Å². The first-order valence-electron chi connectivity index (χ1n) is 5.97. The van der Waals surface area contributed by atoms with Gasteiger partial charge in [0.25, 0.3) is 0 Å². The quantitative estimate of drug-likeness (QED) is 0.865. The first-order valence-corrected chi connectivity index (χ1v) is 5.97. The summed E-state index contributed by atoms with van der Waals surface area (Å²) >= 11 is 0. The summed E-state index contributed by atoms with van der Waals surface area (Å²) in [5.41, 5.74) is 6.48. The van der Waals surface area contributed by atoms with E-state index < -0.39 is 0 Å². The number of rotatable bonds is 4. The number of hydrogen-bond acceptors (Lipinski definition) is 3. The van der Waals surface area contributed by atoms with E-state index in [1.807, 2.05) is 12.1 Å². The van der Waals surface area contributed by atoms with Gasteiger partial charge in [-0.05, 0) is 12.5 Å². The van der Waals surface area contributed by atoms with Crippen LogP contribution in [0.3, 0.4) is 0 Å². The molecule has 4 heteroatoms. The maximum absolute atomic E-state index is 13.7. The first-order chi connectivity index (χ1) is 8.26. The van der Waals surface area contributed by atoms with Crippen LogP contribution < -0.4 is 5.73 Å². The van der Waals surface area contributed by atoms with Gasteiger partial charge < -0.3 is 10.5 Å². The Morgan fingerprint density at radius 1 is 1.53 bits per heavy atom. The lowest BCUT2D eigenvalue weighted by atomic mass is 10.1. The maximum Gasteiger partial charge on any atom is 0.128 e. The molecule has 1 aliphatic rings. The third-order valence-corrected chi connectivity index (χ3v) is 3.44. The Labute approximate surface area is 101 Å². The van der Waals surface area contributed by atoms with E-state index in [-0.39, 0.29) is 18.0 Å². The zero-order chi connectivity index (χ0) is 12.3. The fraction of sp³-hybridized carbons (Fsp3) is 0.538. The third-order valence-electron chi connectivity index (χ3n) is 3.44. The van der Waals surface area contributed by atoms with Crippen LogP contribution >= 0.6 is 0 Å². The van der Waals surface area contributed by atoms with Crippen molar-refractivity contribution in [1.29, 1.82) is 0 Å². The van der Waals surface area contributed by atoms with Gasteiger partial charge in [-0.2, -0.15) is 0 Å². The molecule has 0 saturated carbocycles. The zero-order valence-electron chi connectivity index (χ0n) is 10.1. The highest BCUT2D eigenvalue weighted by molar-refractivity contribution is 5.22. The maximum atomic E-state index is 13.7. The van der Waals surface area contributed by atoms with Gasteiger partial charge in [-0.15, -0.1) is 0 Å². The third kappa shape index (κ3) is 2.65. The number of ether oxygens (including phenoxy) is 1. The summed E-state index contributed by atoms with van der Waals surface area (Å²) in [6.45, 7) is 2.17.